The Morgan fingerprint density at radius 1 is 1.26 bits per heavy atom. The first-order valence-corrected chi connectivity index (χ1v) is 6.98. The molecule has 104 valence electrons. The summed E-state index contributed by atoms with van der Waals surface area (Å²) >= 11 is 0. The number of fused-ring (bicyclic) bond motifs is 1. The number of hydrogen-bond acceptors (Lipinski definition) is 3. The van der Waals surface area contributed by atoms with Crippen molar-refractivity contribution in [2.24, 2.45) is 29.1 Å². The zero-order valence-electron chi connectivity index (χ0n) is 11.6. The molecule has 5 nitrogen and oxygen atoms in total. The Balaban J connectivity index is 1.69. The summed E-state index contributed by atoms with van der Waals surface area (Å²) in [6.07, 6.45) is 0.926. The molecule has 2 aliphatic heterocycles. The van der Waals surface area contributed by atoms with E-state index in [9.17, 15) is 14.4 Å². The van der Waals surface area contributed by atoms with Gasteiger partial charge in [0.2, 0.25) is 17.7 Å². The van der Waals surface area contributed by atoms with Gasteiger partial charge in [-0.3, -0.25) is 19.7 Å². The van der Waals surface area contributed by atoms with E-state index in [4.69, 9.17) is 0 Å². The summed E-state index contributed by atoms with van der Waals surface area (Å²) in [4.78, 5) is 37.4. The fourth-order valence-corrected chi connectivity index (χ4v) is 3.43. The molecule has 0 radical (unpaired) electrons. The number of hydrogen-bond donors (Lipinski definition) is 1. The van der Waals surface area contributed by atoms with Crippen LogP contribution in [0, 0.1) is 29.1 Å². The summed E-state index contributed by atoms with van der Waals surface area (Å²) in [6.45, 7) is 7.25. The van der Waals surface area contributed by atoms with Crippen molar-refractivity contribution in [1.29, 1.82) is 0 Å². The highest BCUT2D eigenvalue weighted by molar-refractivity contribution is 6.06. The summed E-state index contributed by atoms with van der Waals surface area (Å²) in [5.41, 5.74) is 0.0983. The van der Waals surface area contributed by atoms with Gasteiger partial charge in [-0.05, 0) is 17.8 Å². The van der Waals surface area contributed by atoms with Crippen LogP contribution in [0.1, 0.15) is 27.2 Å². The standard InChI is InChI=1S/C14H20N2O3/c1-7(2)14(3)4-10(14)13(19)16-5-8-9(6-16)12(18)15-11(8)17/h7-10H,4-6H2,1-3H3,(H,15,17,18)/t8-,9+,10?,14?. The lowest BCUT2D eigenvalue weighted by atomic mass is 9.92. The SMILES string of the molecule is CC(C)C1(C)CC1C(=O)N1C[C@@H]2C(=O)NC(=O)[C@@H]2C1. The molecule has 19 heavy (non-hydrogen) atoms. The second-order valence-corrected chi connectivity index (χ2v) is 6.73. The van der Waals surface area contributed by atoms with Crippen molar-refractivity contribution >= 4 is 17.7 Å². The van der Waals surface area contributed by atoms with Gasteiger partial charge in [-0.25, -0.2) is 0 Å². The van der Waals surface area contributed by atoms with Crippen LogP contribution in [0.25, 0.3) is 0 Å². The topological polar surface area (TPSA) is 66.5 Å². The molecule has 1 N–H and O–H groups in total. The number of nitrogens with zero attached hydrogens (tertiary/aromatic N) is 1. The van der Waals surface area contributed by atoms with Gasteiger partial charge in [0.1, 0.15) is 0 Å². The minimum atomic E-state index is -0.319. The number of nitrogens with one attached hydrogen (secondary N) is 1. The average Bonchev–Trinajstić information content (AvgIpc) is 2.76. The Labute approximate surface area is 112 Å². The van der Waals surface area contributed by atoms with Crippen LogP contribution in [0.3, 0.4) is 0 Å². The molecule has 2 unspecified atom stereocenters. The van der Waals surface area contributed by atoms with E-state index in [2.05, 4.69) is 26.1 Å². The van der Waals surface area contributed by atoms with E-state index in [1.165, 1.54) is 0 Å². The van der Waals surface area contributed by atoms with Crippen LogP contribution in [0.2, 0.25) is 0 Å². The smallest absolute Gasteiger partial charge is 0.232 e. The van der Waals surface area contributed by atoms with Crippen LogP contribution >= 0.6 is 0 Å². The maximum Gasteiger partial charge on any atom is 0.232 e. The summed E-state index contributed by atoms with van der Waals surface area (Å²) in [6, 6.07) is 0. The van der Waals surface area contributed by atoms with Gasteiger partial charge >= 0.3 is 0 Å². The molecule has 0 aromatic carbocycles. The molecule has 1 aliphatic carbocycles. The van der Waals surface area contributed by atoms with Crippen LogP contribution in [0.15, 0.2) is 0 Å². The molecule has 3 rings (SSSR count). The third-order valence-electron chi connectivity index (χ3n) is 5.45. The maximum atomic E-state index is 12.5. The molecule has 5 heteroatoms. The predicted molar refractivity (Wildman–Crippen MR) is 67.8 cm³/mol. The molecular formula is C14H20N2O3. The first kappa shape index (κ1) is 12.6. The first-order valence-electron chi connectivity index (χ1n) is 6.98. The predicted octanol–water partition coefficient (Wildman–Crippen LogP) is 0.400. The van der Waals surface area contributed by atoms with Crippen LogP contribution in [0.5, 0.6) is 0 Å². The highest BCUT2D eigenvalue weighted by Crippen LogP contribution is 2.58. The van der Waals surface area contributed by atoms with Crippen LogP contribution in [-0.2, 0) is 14.4 Å². The highest BCUT2D eigenvalue weighted by atomic mass is 16.2. The average molecular weight is 264 g/mol. The van der Waals surface area contributed by atoms with E-state index in [1.807, 2.05) is 0 Å². The molecule has 2 heterocycles. The second-order valence-electron chi connectivity index (χ2n) is 6.73. The minimum Gasteiger partial charge on any atom is -0.341 e. The fourth-order valence-electron chi connectivity index (χ4n) is 3.43. The van der Waals surface area contributed by atoms with Crippen molar-refractivity contribution in [2.45, 2.75) is 27.2 Å². The molecule has 3 amide bonds. The maximum absolute atomic E-state index is 12.5. The normalized spacial score (nSPS) is 40.6. The van der Waals surface area contributed by atoms with Crippen molar-refractivity contribution in [3.63, 3.8) is 0 Å². The number of carbonyl (C=O) groups is 3. The van der Waals surface area contributed by atoms with Crippen molar-refractivity contribution in [2.75, 3.05) is 13.1 Å². The summed E-state index contributed by atoms with van der Waals surface area (Å²) in [5, 5.41) is 2.34. The van der Waals surface area contributed by atoms with Crippen molar-refractivity contribution in [1.82, 2.24) is 10.2 Å². The lowest BCUT2D eigenvalue weighted by Gasteiger charge is -2.21. The van der Waals surface area contributed by atoms with E-state index >= 15 is 0 Å². The van der Waals surface area contributed by atoms with Gasteiger partial charge in [-0.15, -0.1) is 0 Å². The van der Waals surface area contributed by atoms with Gasteiger partial charge in [-0.1, -0.05) is 20.8 Å². The third kappa shape index (κ3) is 1.70. The Kier molecular flexibility index (Phi) is 2.53. The molecule has 4 atom stereocenters. The zero-order valence-corrected chi connectivity index (χ0v) is 11.6. The molecule has 0 spiro atoms. The molecule has 3 aliphatic rings. The Morgan fingerprint density at radius 2 is 1.79 bits per heavy atom. The van der Waals surface area contributed by atoms with E-state index < -0.39 is 0 Å². The molecular weight excluding hydrogens is 244 g/mol. The van der Waals surface area contributed by atoms with Gasteiger partial charge in [0, 0.05) is 19.0 Å². The number of imide groups is 1. The van der Waals surface area contributed by atoms with E-state index in [0.29, 0.717) is 19.0 Å². The van der Waals surface area contributed by atoms with Crippen LogP contribution in [-0.4, -0.2) is 35.7 Å². The number of carbonyl (C=O) groups excluding carboxylic acids is 3. The summed E-state index contributed by atoms with van der Waals surface area (Å²) in [5.74, 6) is -0.384. The Morgan fingerprint density at radius 3 is 2.21 bits per heavy atom. The molecule has 3 fully saturated rings. The molecule has 0 aromatic rings. The van der Waals surface area contributed by atoms with Crippen molar-refractivity contribution < 1.29 is 14.4 Å². The lowest BCUT2D eigenvalue weighted by Crippen LogP contribution is -2.37. The number of amides is 3. The number of likely N-dealkylation sites (tertiary alicyclic amines) is 1. The van der Waals surface area contributed by atoms with Crippen LogP contribution < -0.4 is 5.32 Å². The Hall–Kier alpha value is -1.39. The quantitative estimate of drug-likeness (QED) is 0.734. The van der Waals surface area contributed by atoms with E-state index in [1.54, 1.807) is 4.90 Å². The number of rotatable bonds is 2. The third-order valence-corrected chi connectivity index (χ3v) is 5.45. The fraction of sp³-hybridized carbons (Fsp3) is 0.786. The van der Waals surface area contributed by atoms with Gasteiger partial charge in [-0.2, -0.15) is 0 Å². The van der Waals surface area contributed by atoms with Crippen LogP contribution in [0.4, 0.5) is 0 Å². The van der Waals surface area contributed by atoms with E-state index in [-0.39, 0.29) is 40.9 Å². The molecule has 0 bridgehead atoms. The monoisotopic (exact) mass is 264 g/mol. The van der Waals surface area contributed by atoms with Crippen molar-refractivity contribution in [3.8, 4) is 0 Å². The summed E-state index contributed by atoms with van der Waals surface area (Å²) in [7, 11) is 0. The first-order chi connectivity index (χ1) is 8.84. The molecule has 0 aromatic heterocycles. The van der Waals surface area contributed by atoms with Crippen molar-refractivity contribution in [3.05, 3.63) is 0 Å². The second kappa shape index (κ2) is 3.81. The van der Waals surface area contributed by atoms with E-state index in [0.717, 1.165) is 6.42 Å². The van der Waals surface area contributed by atoms with Gasteiger partial charge in [0.05, 0.1) is 11.8 Å². The highest BCUT2D eigenvalue weighted by Gasteiger charge is 2.59. The molecule has 1 saturated carbocycles. The Bertz CT molecular complexity index is 451. The summed E-state index contributed by atoms with van der Waals surface area (Å²) < 4.78 is 0. The lowest BCUT2D eigenvalue weighted by molar-refractivity contribution is -0.133. The minimum absolute atomic E-state index is 0.0736. The largest absolute Gasteiger partial charge is 0.341 e. The molecule has 2 saturated heterocycles. The van der Waals surface area contributed by atoms with Gasteiger partial charge < -0.3 is 4.90 Å². The van der Waals surface area contributed by atoms with Gasteiger partial charge in [0.25, 0.3) is 0 Å². The zero-order chi connectivity index (χ0) is 13.9. The van der Waals surface area contributed by atoms with Gasteiger partial charge in [0.15, 0.2) is 0 Å².